The maximum Gasteiger partial charge on any atom is 0.126 e. The van der Waals surface area contributed by atoms with Crippen LogP contribution in [-0.2, 0) is 0 Å². The summed E-state index contributed by atoms with van der Waals surface area (Å²) in [6.07, 6.45) is 8.90. The Morgan fingerprint density at radius 3 is 2.94 bits per heavy atom. The molecule has 1 aromatic heterocycles. The largest absolute Gasteiger partial charge is 0.370 e. The minimum atomic E-state index is 0.825. The van der Waals surface area contributed by atoms with Gasteiger partial charge in [-0.2, -0.15) is 0 Å². The van der Waals surface area contributed by atoms with Crippen LogP contribution in [0.3, 0.4) is 0 Å². The van der Waals surface area contributed by atoms with E-state index in [2.05, 4.69) is 29.4 Å². The van der Waals surface area contributed by atoms with Gasteiger partial charge < -0.3 is 5.32 Å². The second kappa shape index (κ2) is 6.14. The summed E-state index contributed by atoms with van der Waals surface area (Å²) in [7, 11) is 0. The summed E-state index contributed by atoms with van der Waals surface area (Å²) >= 11 is 2.02. The lowest BCUT2D eigenvalue weighted by molar-refractivity contribution is 0.516. The third-order valence-electron chi connectivity index (χ3n) is 2.94. The quantitative estimate of drug-likeness (QED) is 0.857. The van der Waals surface area contributed by atoms with Crippen LogP contribution in [0.5, 0.6) is 0 Å². The van der Waals surface area contributed by atoms with Gasteiger partial charge in [0.15, 0.2) is 0 Å². The van der Waals surface area contributed by atoms with E-state index in [0.717, 1.165) is 17.6 Å². The molecule has 0 radical (unpaired) electrons. The van der Waals surface area contributed by atoms with Crippen LogP contribution in [-0.4, -0.2) is 16.8 Å². The fourth-order valence-electron chi connectivity index (χ4n) is 2.14. The van der Waals surface area contributed by atoms with Crippen LogP contribution in [0.4, 0.5) is 5.82 Å². The number of hydrogen-bond donors (Lipinski definition) is 1. The van der Waals surface area contributed by atoms with Crippen LogP contribution in [0, 0.1) is 0 Å². The number of nitrogens with one attached hydrogen (secondary N) is 1. The van der Waals surface area contributed by atoms with E-state index in [1.807, 2.05) is 18.0 Å². The fourth-order valence-corrected chi connectivity index (χ4v) is 3.41. The highest BCUT2D eigenvalue weighted by atomic mass is 32.2. The summed E-state index contributed by atoms with van der Waals surface area (Å²) in [5, 5.41) is 4.09. The minimum Gasteiger partial charge on any atom is -0.370 e. The maximum atomic E-state index is 4.30. The first kappa shape index (κ1) is 11.8. The molecule has 0 bridgehead atoms. The van der Waals surface area contributed by atoms with Crippen LogP contribution in [0.25, 0.3) is 0 Å². The number of hydrogen-bond acceptors (Lipinski definition) is 3. The average molecular weight is 236 g/mol. The lowest BCUT2D eigenvalue weighted by Gasteiger charge is -2.21. The normalized spacial score (nSPS) is 17.3. The van der Waals surface area contributed by atoms with Gasteiger partial charge in [-0.1, -0.05) is 19.3 Å². The second-order valence-electron chi connectivity index (χ2n) is 4.28. The molecule has 0 aliphatic heterocycles. The van der Waals surface area contributed by atoms with E-state index in [9.17, 15) is 0 Å². The predicted octanol–water partition coefficient (Wildman–Crippen LogP) is 3.94. The molecule has 1 aromatic rings. The van der Waals surface area contributed by atoms with E-state index in [1.54, 1.807) is 0 Å². The van der Waals surface area contributed by atoms with Gasteiger partial charge in [-0.3, -0.25) is 0 Å². The summed E-state index contributed by atoms with van der Waals surface area (Å²) in [6.45, 7) is 3.03. The molecule has 1 saturated carbocycles. The zero-order valence-corrected chi connectivity index (χ0v) is 10.7. The van der Waals surface area contributed by atoms with Gasteiger partial charge in [0.05, 0.1) is 0 Å². The van der Waals surface area contributed by atoms with Crippen molar-refractivity contribution < 1.29 is 0 Å². The highest BCUT2D eigenvalue weighted by Crippen LogP contribution is 2.33. The molecule has 2 nitrogen and oxygen atoms in total. The molecule has 0 unspecified atom stereocenters. The molecule has 1 N–H and O–H groups in total. The van der Waals surface area contributed by atoms with Gasteiger partial charge in [-0.15, -0.1) is 11.8 Å². The van der Waals surface area contributed by atoms with E-state index in [0.29, 0.717) is 0 Å². The Kier molecular flexibility index (Phi) is 4.52. The van der Waals surface area contributed by atoms with Crippen molar-refractivity contribution in [2.75, 3.05) is 11.9 Å². The molecular formula is C13H20N2S. The van der Waals surface area contributed by atoms with E-state index in [1.165, 1.54) is 37.0 Å². The molecule has 16 heavy (non-hydrogen) atoms. The zero-order valence-electron chi connectivity index (χ0n) is 9.91. The first-order valence-corrected chi connectivity index (χ1v) is 7.13. The Hall–Kier alpha value is -0.700. The van der Waals surface area contributed by atoms with Gasteiger partial charge in [-0.05, 0) is 31.9 Å². The third kappa shape index (κ3) is 3.41. The second-order valence-corrected chi connectivity index (χ2v) is 5.66. The van der Waals surface area contributed by atoms with Crippen molar-refractivity contribution >= 4 is 17.6 Å². The van der Waals surface area contributed by atoms with E-state index < -0.39 is 0 Å². The molecule has 3 heteroatoms. The smallest absolute Gasteiger partial charge is 0.126 e. The van der Waals surface area contributed by atoms with Gasteiger partial charge >= 0.3 is 0 Å². The molecule has 1 heterocycles. The standard InChI is InChI=1S/C13H20N2S/c1-2-14-13-10-12(8-9-15-13)16-11-6-4-3-5-7-11/h8-11H,2-7H2,1H3,(H,14,15). The molecule has 1 fully saturated rings. The topological polar surface area (TPSA) is 24.9 Å². The number of rotatable bonds is 4. The number of thioether (sulfide) groups is 1. The lowest BCUT2D eigenvalue weighted by Crippen LogP contribution is -2.07. The van der Waals surface area contributed by atoms with E-state index in [4.69, 9.17) is 0 Å². The maximum absolute atomic E-state index is 4.30. The molecule has 88 valence electrons. The Bertz CT molecular complexity index is 321. The van der Waals surface area contributed by atoms with Crippen LogP contribution >= 0.6 is 11.8 Å². The number of pyridine rings is 1. The first-order valence-electron chi connectivity index (χ1n) is 6.25. The SMILES string of the molecule is CCNc1cc(SC2CCCCC2)ccn1. The summed E-state index contributed by atoms with van der Waals surface area (Å²) in [5.74, 6) is 1.00. The number of aromatic nitrogens is 1. The van der Waals surface area contributed by atoms with Crippen molar-refractivity contribution in [2.45, 2.75) is 49.2 Å². The molecule has 0 atom stereocenters. The Morgan fingerprint density at radius 2 is 2.19 bits per heavy atom. The van der Waals surface area contributed by atoms with Crippen molar-refractivity contribution in [2.24, 2.45) is 0 Å². The molecule has 0 spiro atoms. The van der Waals surface area contributed by atoms with Crippen LogP contribution in [0.15, 0.2) is 23.2 Å². The summed E-state index contributed by atoms with van der Waals surface area (Å²) < 4.78 is 0. The van der Waals surface area contributed by atoms with Gasteiger partial charge in [0.1, 0.15) is 5.82 Å². The molecule has 2 rings (SSSR count). The van der Waals surface area contributed by atoms with Crippen molar-refractivity contribution in [1.82, 2.24) is 4.98 Å². The van der Waals surface area contributed by atoms with Crippen molar-refractivity contribution in [3.63, 3.8) is 0 Å². The third-order valence-corrected chi connectivity index (χ3v) is 4.28. The van der Waals surface area contributed by atoms with Gasteiger partial charge in [0.2, 0.25) is 0 Å². The first-order chi connectivity index (χ1) is 7.88. The highest BCUT2D eigenvalue weighted by Gasteiger charge is 2.14. The van der Waals surface area contributed by atoms with Gasteiger partial charge in [0, 0.05) is 22.9 Å². The summed E-state index contributed by atoms with van der Waals surface area (Å²) in [5.41, 5.74) is 0. The highest BCUT2D eigenvalue weighted by molar-refractivity contribution is 8.00. The molecular weight excluding hydrogens is 216 g/mol. The summed E-state index contributed by atoms with van der Waals surface area (Å²) in [6, 6.07) is 4.29. The number of anilines is 1. The Morgan fingerprint density at radius 1 is 1.38 bits per heavy atom. The predicted molar refractivity (Wildman–Crippen MR) is 71.1 cm³/mol. The minimum absolute atomic E-state index is 0.825. The van der Waals surface area contributed by atoms with Crippen LogP contribution < -0.4 is 5.32 Å². The average Bonchev–Trinajstić information content (AvgIpc) is 2.31. The monoisotopic (exact) mass is 236 g/mol. The lowest BCUT2D eigenvalue weighted by atomic mass is 10.0. The van der Waals surface area contributed by atoms with E-state index in [-0.39, 0.29) is 0 Å². The van der Waals surface area contributed by atoms with Gasteiger partial charge in [-0.25, -0.2) is 4.98 Å². The van der Waals surface area contributed by atoms with Crippen molar-refractivity contribution in [3.05, 3.63) is 18.3 Å². The van der Waals surface area contributed by atoms with Crippen molar-refractivity contribution in [1.29, 1.82) is 0 Å². The van der Waals surface area contributed by atoms with Gasteiger partial charge in [0.25, 0.3) is 0 Å². The van der Waals surface area contributed by atoms with Crippen LogP contribution in [0.2, 0.25) is 0 Å². The van der Waals surface area contributed by atoms with E-state index >= 15 is 0 Å². The molecule has 1 aliphatic carbocycles. The Balaban J connectivity index is 1.94. The fraction of sp³-hybridized carbons (Fsp3) is 0.615. The molecule has 0 saturated heterocycles. The molecule has 0 aromatic carbocycles. The zero-order chi connectivity index (χ0) is 11.2. The molecule has 0 amide bonds. The van der Waals surface area contributed by atoms with Crippen LogP contribution in [0.1, 0.15) is 39.0 Å². The van der Waals surface area contributed by atoms with Crippen molar-refractivity contribution in [3.8, 4) is 0 Å². The number of nitrogens with zero attached hydrogens (tertiary/aromatic N) is 1. The molecule has 1 aliphatic rings. The summed E-state index contributed by atoms with van der Waals surface area (Å²) in [4.78, 5) is 5.66. The Labute approximate surface area is 102 Å².